The quantitative estimate of drug-likeness (QED) is 0.475. The number of aryl methyl sites for hydroxylation is 1. The van der Waals surface area contributed by atoms with Crippen molar-refractivity contribution in [1.29, 1.82) is 0 Å². The summed E-state index contributed by atoms with van der Waals surface area (Å²) >= 11 is 2.19. The third kappa shape index (κ3) is 4.00. The summed E-state index contributed by atoms with van der Waals surface area (Å²) in [4.78, 5) is 21.9. The maximum absolute atomic E-state index is 11.8. The van der Waals surface area contributed by atoms with Crippen molar-refractivity contribution >= 4 is 39.9 Å². The van der Waals surface area contributed by atoms with Gasteiger partial charge in [0.05, 0.1) is 21.2 Å². The fourth-order valence-corrected chi connectivity index (χ4v) is 2.15. The first-order valence-electron chi connectivity index (χ1n) is 6.19. The number of nitrogens with one attached hydrogen (secondary N) is 1. The van der Waals surface area contributed by atoms with Gasteiger partial charge in [-0.1, -0.05) is 0 Å². The number of anilines is 1. The van der Waals surface area contributed by atoms with Crippen LogP contribution in [-0.4, -0.2) is 20.6 Å². The van der Waals surface area contributed by atoms with Gasteiger partial charge in [-0.15, -0.1) is 0 Å². The van der Waals surface area contributed by atoms with Crippen LogP contribution in [0.15, 0.2) is 30.5 Å². The van der Waals surface area contributed by atoms with Crippen LogP contribution in [0.5, 0.6) is 0 Å². The van der Waals surface area contributed by atoms with Gasteiger partial charge in [0.15, 0.2) is 0 Å². The van der Waals surface area contributed by atoms with Crippen LogP contribution in [0, 0.1) is 20.6 Å². The molecule has 1 heterocycles. The molecule has 0 radical (unpaired) electrons. The smallest absolute Gasteiger partial charge is 0.269 e. The summed E-state index contributed by atoms with van der Waals surface area (Å²) in [7, 11) is 0. The molecule has 7 nitrogen and oxygen atoms in total. The zero-order valence-electron chi connectivity index (χ0n) is 11.2. The lowest BCUT2D eigenvalue weighted by molar-refractivity contribution is -0.384. The number of benzene rings is 1. The van der Waals surface area contributed by atoms with Gasteiger partial charge in [0.25, 0.3) is 5.69 Å². The summed E-state index contributed by atoms with van der Waals surface area (Å²) in [6.07, 6.45) is 2.04. The number of nitro benzene ring substituents is 1. The van der Waals surface area contributed by atoms with Crippen LogP contribution in [0.4, 0.5) is 11.4 Å². The Morgan fingerprint density at radius 1 is 1.43 bits per heavy atom. The SMILES string of the molecule is Cc1c(I)cnn1CCC(=O)Nc1ccc([N+](=O)[O-])cc1. The van der Waals surface area contributed by atoms with E-state index in [1.807, 2.05) is 6.92 Å². The number of hydrogen-bond acceptors (Lipinski definition) is 4. The number of nitrogens with zero attached hydrogens (tertiary/aromatic N) is 3. The molecule has 0 aliphatic carbocycles. The molecule has 0 aliphatic rings. The van der Waals surface area contributed by atoms with Crippen molar-refractivity contribution in [3.63, 3.8) is 0 Å². The van der Waals surface area contributed by atoms with E-state index in [-0.39, 0.29) is 18.0 Å². The molecule has 8 heteroatoms. The lowest BCUT2D eigenvalue weighted by atomic mass is 10.2. The summed E-state index contributed by atoms with van der Waals surface area (Å²) in [5, 5.41) is 17.4. The maximum atomic E-state index is 11.8. The first-order valence-corrected chi connectivity index (χ1v) is 7.27. The molecule has 1 amide bonds. The van der Waals surface area contributed by atoms with Gasteiger partial charge in [-0.2, -0.15) is 5.10 Å². The van der Waals surface area contributed by atoms with E-state index in [2.05, 4.69) is 33.0 Å². The zero-order chi connectivity index (χ0) is 15.4. The number of non-ortho nitro benzene ring substituents is 1. The van der Waals surface area contributed by atoms with Crippen molar-refractivity contribution in [1.82, 2.24) is 9.78 Å². The van der Waals surface area contributed by atoms with Crippen LogP contribution in [0.1, 0.15) is 12.1 Å². The van der Waals surface area contributed by atoms with Crippen LogP contribution in [0.2, 0.25) is 0 Å². The largest absolute Gasteiger partial charge is 0.326 e. The molecular weight excluding hydrogens is 387 g/mol. The van der Waals surface area contributed by atoms with Crippen LogP contribution in [-0.2, 0) is 11.3 Å². The van der Waals surface area contributed by atoms with Crippen molar-refractivity contribution in [3.05, 3.63) is 49.8 Å². The van der Waals surface area contributed by atoms with Crippen molar-refractivity contribution in [2.24, 2.45) is 0 Å². The summed E-state index contributed by atoms with van der Waals surface area (Å²) < 4.78 is 2.83. The Bertz CT molecular complexity index is 667. The predicted molar refractivity (Wildman–Crippen MR) is 86.0 cm³/mol. The van der Waals surface area contributed by atoms with E-state index < -0.39 is 4.92 Å². The van der Waals surface area contributed by atoms with Crippen molar-refractivity contribution in [3.8, 4) is 0 Å². The number of carbonyl (C=O) groups excluding carboxylic acids is 1. The minimum absolute atomic E-state index is 0.00487. The standard InChI is InChI=1S/C13H13IN4O3/c1-9-12(14)8-15-17(9)7-6-13(19)16-10-2-4-11(5-3-10)18(20)21/h2-5,8H,6-7H2,1H3,(H,16,19). The Balaban J connectivity index is 1.89. The average Bonchev–Trinajstić information content (AvgIpc) is 2.77. The Hall–Kier alpha value is -1.97. The van der Waals surface area contributed by atoms with Gasteiger partial charge >= 0.3 is 0 Å². The number of hydrogen-bond donors (Lipinski definition) is 1. The normalized spacial score (nSPS) is 10.4. The van der Waals surface area contributed by atoms with Crippen molar-refractivity contribution in [2.45, 2.75) is 19.9 Å². The minimum atomic E-state index is -0.478. The predicted octanol–water partition coefficient (Wildman–Crippen LogP) is 2.73. The zero-order valence-corrected chi connectivity index (χ0v) is 13.4. The average molecular weight is 400 g/mol. The number of halogens is 1. The Labute approximate surface area is 134 Å². The van der Waals surface area contributed by atoms with E-state index in [1.165, 1.54) is 24.3 Å². The number of carbonyl (C=O) groups is 1. The maximum Gasteiger partial charge on any atom is 0.269 e. The second kappa shape index (κ2) is 6.66. The van der Waals surface area contributed by atoms with E-state index >= 15 is 0 Å². The molecule has 0 atom stereocenters. The van der Waals surface area contributed by atoms with E-state index in [9.17, 15) is 14.9 Å². The molecule has 2 rings (SSSR count). The van der Waals surface area contributed by atoms with Crippen LogP contribution in [0.25, 0.3) is 0 Å². The number of aromatic nitrogens is 2. The first-order chi connectivity index (χ1) is 9.97. The molecule has 110 valence electrons. The summed E-state index contributed by atoms with van der Waals surface area (Å²) in [6.45, 7) is 2.44. The van der Waals surface area contributed by atoms with E-state index in [0.717, 1.165) is 9.26 Å². The Morgan fingerprint density at radius 2 is 2.10 bits per heavy atom. The number of nitro groups is 1. The molecule has 0 fully saturated rings. The van der Waals surface area contributed by atoms with Gasteiger partial charge in [-0.05, 0) is 41.6 Å². The van der Waals surface area contributed by atoms with Gasteiger partial charge < -0.3 is 5.32 Å². The molecule has 1 aromatic heterocycles. The molecule has 0 spiro atoms. The second-order valence-corrected chi connectivity index (χ2v) is 5.57. The summed E-state index contributed by atoms with van der Waals surface area (Å²) in [5.41, 5.74) is 1.56. The minimum Gasteiger partial charge on any atom is -0.326 e. The van der Waals surface area contributed by atoms with Crippen molar-refractivity contribution in [2.75, 3.05) is 5.32 Å². The molecule has 0 saturated heterocycles. The van der Waals surface area contributed by atoms with Gasteiger partial charge in [0.1, 0.15) is 0 Å². The highest BCUT2D eigenvalue weighted by Gasteiger charge is 2.08. The lowest BCUT2D eigenvalue weighted by Crippen LogP contribution is -2.15. The van der Waals surface area contributed by atoms with Gasteiger partial charge in [0, 0.05) is 29.9 Å². The second-order valence-electron chi connectivity index (χ2n) is 4.40. The fourth-order valence-electron chi connectivity index (χ4n) is 1.75. The highest BCUT2D eigenvalue weighted by atomic mass is 127. The van der Waals surface area contributed by atoms with E-state index in [4.69, 9.17) is 0 Å². The topological polar surface area (TPSA) is 90.1 Å². The third-order valence-electron chi connectivity index (χ3n) is 2.96. The molecule has 0 aliphatic heterocycles. The third-order valence-corrected chi connectivity index (χ3v) is 4.01. The van der Waals surface area contributed by atoms with Crippen LogP contribution in [0.3, 0.4) is 0 Å². The molecule has 21 heavy (non-hydrogen) atoms. The fraction of sp³-hybridized carbons (Fsp3) is 0.231. The molecule has 1 N–H and O–H groups in total. The molecule has 0 unspecified atom stereocenters. The number of rotatable bonds is 5. The highest BCUT2D eigenvalue weighted by molar-refractivity contribution is 14.1. The van der Waals surface area contributed by atoms with Crippen LogP contribution < -0.4 is 5.32 Å². The summed E-state index contributed by atoms with van der Waals surface area (Å²) in [6, 6.07) is 5.74. The molecular formula is C13H13IN4O3. The monoisotopic (exact) mass is 400 g/mol. The van der Waals surface area contributed by atoms with Crippen molar-refractivity contribution < 1.29 is 9.72 Å². The van der Waals surface area contributed by atoms with Gasteiger partial charge in [-0.25, -0.2) is 0 Å². The molecule has 0 saturated carbocycles. The lowest BCUT2D eigenvalue weighted by Gasteiger charge is -2.06. The Kier molecular flexibility index (Phi) is 4.89. The molecule has 0 bridgehead atoms. The van der Waals surface area contributed by atoms with Crippen LogP contribution >= 0.6 is 22.6 Å². The van der Waals surface area contributed by atoms with E-state index in [0.29, 0.717) is 12.2 Å². The van der Waals surface area contributed by atoms with Gasteiger partial charge in [-0.3, -0.25) is 19.6 Å². The van der Waals surface area contributed by atoms with Gasteiger partial charge in [0.2, 0.25) is 5.91 Å². The number of amides is 1. The highest BCUT2D eigenvalue weighted by Crippen LogP contribution is 2.16. The van der Waals surface area contributed by atoms with E-state index in [1.54, 1.807) is 10.9 Å². The Morgan fingerprint density at radius 3 is 2.62 bits per heavy atom. The summed E-state index contributed by atoms with van der Waals surface area (Å²) in [5.74, 6) is -0.159. The molecule has 1 aromatic carbocycles. The molecule has 2 aromatic rings. The first kappa shape index (κ1) is 15.4.